The molecule has 25 heavy (non-hydrogen) atoms. The Morgan fingerprint density at radius 3 is 2.96 bits per heavy atom. The summed E-state index contributed by atoms with van der Waals surface area (Å²) in [6, 6.07) is 5.48. The first-order chi connectivity index (χ1) is 11.8. The number of aromatic amines is 1. The van der Waals surface area contributed by atoms with Gasteiger partial charge in [0.15, 0.2) is 0 Å². The molecule has 1 aliphatic rings. The molecule has 2 N–H and O–H groups in total. The number of H-pyrrole nitrogens is 1. The molecule has 3 rings (SSSR count). The predicted molar refractivity (Wildman–Crippen MR) is 94.3 cm³/mol. The zero-order valence-corrected chi connectivity index (χ0v) is 14.8. The molecule has 2 heterocycles. The summed E-state index contributed by atoms with van der Waals surface area (Å²) in [5.41, 5.74) is 1.84. The summed E-state index contributed by atoms with van der Waals surface area (Å²) in [6.45, 7) is 7.34. The van der Waals surface area contributed by atoms with Crippen molar-refractivity contribution in [1.82, 2.24) is 20.2 Å². The quantitative estimate of drug-likeness (QED) is 0.896. The number of nitrogens with zero attached hydrogens (tertiary/aromatic N) is 2. The Morgan fingerprint density at radius 2 is 2.20 bits per heavy atom. The molecule has 134 valence electrons. The van der Waals surface area contributed by atoms with Gasteiger partial charge in [-0.2, -0.15) is 0 Å². The summed E-state index contributed by atoms with van der Waals surface area (Å²) in [7, 11) is 0. The number of hydrogen-bond acceptors (Lipinski definition) is 4. The highest BCUT2D eigenvalue weighted by Gasteiger charge is 2.28. The lowest BCUT2D eigenvalue weighted by atomic mass is 10.1. The lowest BCUT2D eigenvalue weighted by Crippen LogP contribution is -2.36. The Hall–Kier alpha value is -2.57. The summed E-state index contributed by atoms with van der Waals surface area (Å²) in [5, 5.41) is 2.79. The summed E-state index contributed by atoms with van der Waals surface area (Å²) >= 11 is 0. The molecule has 2 aromatic rings. The lowest BCUT2D eigenvalue weighted by Gasteiger charge is -2.21. The van der Waals surface area contributed by atoms with Gasteiger partial charge in [-0.15, -0.1) is 0 Å². The second-order valence-electron chi connectivity index (χ2n) is 7.42. The molecule has 7 nitrogen and oxygen atoms in total. The van der Waals surface area contributed by atoms with Crippen molar-refractivity contribution in [2.75, 3.05) is 19.6 Å². The van der Waals surface area contributed by atoms with Crippen LogP contribution in [0.1, 0.15) is 37.6 Å². The van der Waals surface area contributed by atoms with Crippen molar-refractivity contribution >= 4 is 23.0 Å². The van der Waals surface area contributed by atoms with Crippen molar-refractivity contribution < 1.29 is 14.3 Å². The zero-order valence-electron chi connectivity index (χ0n) is 14.8. The number of benzene rings is 1. The molecular formula is C18H24N4O3. The van der Waals surface area contributed by atoms with E-state index in [0.29, 0.717) is 25.2 Å². The van der Waals surface area contributed by atoms with E-state index in [1.165, 1.54) is 0 Å². The second kappa shape index (κ2) is 6.74. The normalized spacial score (nSPS) is 17.7. The molecule has 1 aromatic heterocycles. The van der Waals surface area contributed by atoms with E-state index in [4.69, 9.17) is 4.74 Å². The van der Waals surface area contributed by atoms with Gasteiger partial charge in [0, 0.05) is 25.2 Å². The van der Waals surface area contributed by atoms with E-state index in [0.717, 1.165) is 17.5 Å². The van der Waals surface area contributed by atoms with E-state index in [2.05, 4.69) is 15.3 Å². The predicted octanol–water partition coefficient (Wildman–Crippen LogP) is 2.55. The molecule has 0 saturated carbocycles. The Labute approximate surface area is 146 Å². The van der Waals surface area contributed by atoms with Gasteiger partial charge in [0.25, 0.3) is 5.91 Å². The van der Waals surface area contributed by atoms with Gasteiger partial charge in [-0.25, -0.2) is 9.78 Å². The largest absolute Gasteiger partial charge is 0.444 e. The van der Waals surface area contributed by atoms with Gasteiger partial charge in [0.1, 0.15) is 5.60 Å². The van der Waals surface area contributed by atoms with E-state index < -0.39 is 11.7 Å². The third kappa shape index (κ3) is 4.29. The summed E-state index contributed by atoms with van der Waals surface area (Å²) in [4.78, 5) is 33.4. The van der Waals surface area contributed by atoms with Gasteiger partial charge in [-0.3, -0.25) is 4.79 Å². The van der Waals surface area contributed by atoms with Gasteiger partial charge in [-0.05, 0) is 51.3 Å². The van der Waals surface area contributed by atoms with Crippen LogP contribution in [0.2, 0.25) is 0 Å². The van der Waals surface area contributed by atoms with Gasteiger partial charge >= 0.3 is 6.09 Å². The van der Waals surface area contributed by atoms with Crippen LogP contribution in [-0.4, -0.2) is 52.1 Å². The van der Waals surface area contributed by atoms with Crippen molar-refractivity contribution in [3.05, 3.63) is 30.1 Å². The Morgan fingerprint density at radius 1 is 1.40 bits per heavy atom. The Kier molecular flexibility index (Phi) is 4.65. The first-order valence-electron chi connectivity index (χ1n) is 8.51. The number of fused-ring (bicyclic) bond motifs is 1. The van der Waals surface area contributed by atoms with Crippen LogP contribution in [0.4, 0.5) is 4.79 Å². The van der Waals surface area contributed by atoms with Crippen LogP contribution in [-0.2, 0) is 4.74 Å². The minimum atomic E-state index is -0.507. The third-order valence-electron chi connectivity index (χ3n) is 4.17. The molecule has 0 unspecified atom stereocenters. The van der Waals surface area contributed by atoms with Crippen LogP contribution in [0, 0.1) is 5.92 Å². The fourth-order valence-electron chi connectivity index (χ4n) is 2.98. The molecular weight excluding hydrogens is 320 g/mol. The van der Waals surface area contributed by atoms with Crippen molar-refractivity contribution in [2.24, 2.45) is 5.92 Å². The highest BCUT2D eigenvalue weighted by atomic mass is 16.6. The zero-order chi connectivity index (χ0) is 18.0. The summed E-state index contributed by atoms with van der Waals surface area (Å²) in [6.07, 6.45) is 2.07. The number of likely N-dealkylation sites (tertiary alicyclic amines) is 1. The summed E-state index contributed by atoms with van der Waals surface area (Å²) < 4.78 is 5.23. The minimum absolute atomic E-state index is 0.0104. The van der Waals surface area contributed by atoms with Crippen molar-refractivity contribution in [3.8, 4) is 0 Å². The molecule has 0 aliphatic carbocycles. The average Bonchev–Trinajstić information content (AvgIpc) is 3.19. The number of amides is 2. The van der Waals surface area contributed by atoms with Crippen LogP contribution in [0.25, 0.3) is 11.0 Å². The molecule has 0 bridgehead atoms. The second-order valence-corrected chi connectivity index (χ2v) is 7.42. The molecule has 1 aromatic carbocycles. The maximum Gasteiger partial charge on any atom is 0.407 e. The maximum absolute atomic E-state index is 12.7. The number of hydrogen-bond donors (Lipinski definition) is 2. The molecule has 0 radical (unpaired) electrons. The lowest BCUT2D eigenvalue weighted by molar-refractivity contribution is 0.0520. The molecule has 0 spiro atoms. The minimum Gasteiger partial charge on any atom is -0.444 e. The number of aromatic nitrogens is 2. The number of nitrogens with one attached hydrogen (secondary N) is 2. The van der Waals surface area contributed by atoms with Crippen molar-refractivity contribution in [2.45, 2.75) is 32.8 Å². The monoisotopic (exact) mass is 344 g/mol. The smallest absolute Gasteiger partial charge is 0.407 e. The highest BCUT2D eigenvalue weighted by Crippen LogP contribution is 2.20. The average molecular weight is 344 g/mol. The van der Waals surface area contributed by atoms with Gasteiger partial charge < -0.3 is 19.9 Å². The molecule has 1 saturated heterocycles. The third-order valence-corrected chi connectivity index (χ3v) is 4.17. The van der Waals surface area contributed by atoms with Crippen molar-refractivity contribution in [3.63, 3.8) is 0 Å². The fourth-order valence-corrected chi connectivity index (χ4v) is 2.98. The highest BCUT2D eigenvalue weighted by molar-refractivity contribution is 5.97. The number of ether oxygens (including phenoxy) is 1. The van der Waals surface area contributed by atoms with Crippen LogP contribution in [0.15, 0.2) is 24.5 Å². The molecule has 1 fully saturated rings. The van der Waals surface area contributed by atoms with Crippen LogP contribution >= 0.6 is 0 Å². The molecule has 2 amide bonds. The van der Waals surface area contributed by atoms with Crippen LogP contribution in [0.5, 0.6) is 0 Å². The fraction of sp³-hybridized carbons (Fsp3) is 0.500. The molecule has 1 atom stereocenters. The van der Waals surface area contributed by atoms with E-state index in [-0.39, 0.29) is 11.8 Å². The first kappa shape index (κ1) is 17.3. The van der Waals surface area contributed by atoms with Gasteiger partial charge in [-0.1, -0.05) is 0 Å². The Bertz CT molecular complexity index is 778. The van der Waals surface area contributed by atoms with E-state index >= 15 is 0 Å². The first-order valence-corrected chi connectivity index (χ1v) is 8.51. The van der Waals surface area contributed by atoms with Gasteiger partial charge in [0.2, 0.25) is 0 Å². The van der Waals surface area contributed by atoms with E-state index in [1.54, 1.807) is 12.4 Å². The van der Waals surface area contributed by atoms with E-state index in [1.807, 2.05) is 37.8 Å². The number of rotatable bonds is 3. The topological polar surface area (TPSA) is 87.3 Å². The maximum atomic E-state index is 12.7. The van der Waals surface area contributed by atoms with Crippen molar-refractivity contribution in [1.29, 1.82) is 0 Å². The number of alkyl carbamates (subject to hydrolysis) is 1. The standard InChI is InChI=1S/C18H24N4O3/c1-18(2,3)25-17(24)19-9-12-6-7-22(10-12)16(23)13-4-5-14-15(8-13)21-11-20-14/h4-5,8,11-12H,6-7,9-10H2,1-3H3,(H,19,24)(H,20,21)/t12-/m0/s1. The SMILES string of the molecule is CC(C)(C)OC(=O)NC[C@@H]1CCN(C(=O)c2ccc3nc[nH]c3c2)C1. The van der Waals surface area contributed by atoms with Gasteiger partial charge in [0.05, 0.1) is 17.4 Å². The number of imidazole rings is 1. The number of carbonyl (C=O) groups excluding carboxylic acids is 2. The Balaban J connectivity index is 1.53. The molecule has 7 heteroatoms. The summed E-state index contributed by atoms with van der Waals surface area (Å²) in [5.74, 6) is 0.253. The van der Waals surface area contributed by atoms with Crippen LogP contribution < -0.4 is 5.32 Å². The molecule has 1 aliphatic heterocycles. The van der Waals surface area contributed by atoms with Crippen LogP contribution in [0.3, 0.4) is 0 Å². The number of carbonyl (C=O) groups is 2. The van der Waals surface area contributed by atoms with E-state index in [9.17, 15) is 9.59 Å².